The fraction of sp³-hybridized carbons (Fsp3) is 0. The number of hydrogen-bond acceptors (Lipinski definition) is 2. The van der Waals surface area contributed by atoms with Crippen LogP contribution in [0.15, 0.2) is 267 Å². The number of nitrogens with zero attached hydrogens (tertiary/aromatic N) is 2. The van der Waals surface area contributed by atoms with Gasteiger partial charge in [-0.25, -0.2) is 0 Å². The molecule has 0 atom stereocenters. The second-order valence-corrected chi connectivity index (χ2v) is 18.7. The van der Waals surface area contributed by atoms with Gasteiger partial charge >= 0.3 is 0 Å². The first-order valence-electron chi connectivity index (χ1n) is 23.6. The maximum Gasteiger partial charge on any atom is 0.0540 e. The molecule has 0 aliphatic carbocycles. The number of anilines is 3. The summed E-state index contributed by atoms with van der Waals surface area (Å²) in [6.45, 7) is 0. The van der Waals surface area contributed by atoms with E-state index in [4.69, 9.17) is 0 Å². The lowest BCUT2D eigenvalue weighted by molar-refractivity contribution is 1.16. The topological polar surface area (TPSA) is 8.17 Å². The third kappa shape index (κ3) is 7.20. The molecule has 69 heavy (non-hydrogen) atoms. The molecule has 2 heterocycles. The average molecular weight is 897 g/mol. The smallest absolute Gasteiger partial charge is 0.0540 e. The predicted octanol–water partition coefficient (Wildman–Crippen LogP) is 19.1. The Morgan fingerprint density at radius 3 is 1.35 bits per heavy atom. The first kappa shape index (κ1) is 40.5. The summed E-state index contributed by atoms with van der Waals surface area (Å²) in [5.74, 6) is 0. The number of rotatable bonds is 7. The van der Waals surface area contributed by atoms with Crippen molar-refractivity contribution in [2.24, 2.45) is 0 Å². The van der Waals surface area contributed by atoms with E-state index in [9.17, 15) is 0 Å². The van der Waals surface area contributed by atoms with Crippen molar-refractivity contribution in [2.75, 3.05) is 4.90 Å². The molecule has 0 N–H and O–H groups in total. The van der Waals surface area contributed by atoms with Crippen molar-refractivity contribution < 1.29 is 0 Å². The Labute approximate surface area is 405 Å². The third-order valence-electron chi connectivity index (χ3n) is 13.7. The van der Waals surface area contributed by atoms with E-state index in [1.165, 1.54) is 85.9 Å². The molecule has 13 rings (SSSR count). The molecule has 2 nitrogen and oxygen atoms in total. The van der Waals surface area contributed by atoms with Gasteiger partial charge in [0.05, 0.1) is 11.0 Å². The summed E-state index contributed by atoms with van der Waals surface area (Å²) in [7, 11) is 0. The summed E-state index contributed by atoms with van der Waals surface area (Å²) >= 11 is 1.87. The molecule has 2 aromatic heterocycles. The molecule has 0 saturated heterocycles. The highest BCUT2D eigenvalue weighted by atomic mass is 32.1. The molecular formula is C66H44N2S. The molecule has 13 aromatic rings. The van der Waals surface area contributed by atoms with Gasteiger partial charge in [-0.3, -0.25) is 0 Å². The van der Waals surface area contributed by atoms with Crippen molar-refractivity contribution in [1.82, 2.24) is 4.57 Å². The quantitative estimate of drug-likeness (QED) is 0.155. The van der Waals surface area contributed by atoms with E-state index in [1.807, 2.05) is 11.3 Å². The van der Waals surface area contributed by atoms with Crippen LogP contribution in [0.3, 0.4) is 0 Å². The van der Waals surface area contributed by atoms with Gasteiger partial charge in [0.1, 0.15) is 0 Å². The number of thiophene rings is 1. The van der Waals surface area contributed by atoms with Crippen LogP contribution >= 0.6 is 11.3 Å². The van der Waals surface area contributed by atoms with E-state index in [1.54, 1.807) is 0 Å². The maximum atomic E-state index is 2.46. The summed E-state index contributed by atoms with van der Waals surface area (Å²) in [5.41, 5.74) is 13.8. The number of aromatic nitrogens is 1. The second-order valence-electron chi connectivity index (χ2n) is 17.6. The summed E-state index contributed by atoms with van der Waals surface area (Å²) in [4.78, 5) is 2.38. The molecule has 0 aliphatic rings. The van der Waals surface area contributed by atoms with Crippen LogP contribution in [-0.2, 0) is 0 Å². The molecule has 0 unspecified atom stereocenters. The minimum Gasteiger partial charge on any atom is -0.311 e. The Bertz CT molecular complexity index is 4090. The number of hydrogen-bond donors (Lipinski definition) is 0. The van der Waals surface area contributed by atoms with Crippen molar-refractivity contribution in [1.29, 1.82) is 0 Å². The Hall–Kier alpha value is -8.76. The van der Waals surface area contributed by atoms with Crippen LogP contribution in [0.25, 0.3) is 103 Å². The first-order chi connectivity index (χ1) is 34.2. The molecule has 324 valence electrons. The Morgan fingerprint density at radius 1 is 0.275 bits per heavy atom. The van der Waals surface area contributed by atoms with Gasteiger partial charge in [0, 0.05) is 53.7 Å². The number of fused-ring (bicyclic) bond motifs is 10. The SMILES string of the molecule is c1ccc(-c2ccc(N(c3ccc(-c4cccc5c4sc4ccccc45)cc3)c3ccc(-n4c5ccccc5c5ccccc5c5ccccc5c5cc(-c6ccccc6)ccc54)cc3)cc2)cc1. The van der Waals surface area contributed by atoms with Crippen LogP contribution in [0, 0.1) is 0 Å². The zero-order chi connectivity index (χ0) is 45.7. The van der Waals surface area contributed by atoms with Crippen LogP contribution in [0.1, 0.15) is 0 Å². The number of benzene rings is 11. The lowest BCUT2D eigenvalue weighted by Gasteiger charge is -2.26. The van der Waals surface area contributed by atoms with Crippen molar-refractivity contribution >= 4 is 91.9 Å². The van der Waals surface area contributed by atoms with Crippen molar-refractivity contribution in [3.05, 3.63) is 267 Å². The van der Waals surface area contributed by atoms with E-state index in [0.29, 0.717) is 0 Å². The van der Waals surface area contributed by atoms with Crippen LogP contribution in [0.5, 0.6) is 0 Å². The predicted molar refractivity (Wildman–Crippen MR) is 297 cm³/mol. The Kier molecular flexibility index (Phi) is 10.1. The molecule has 0 radical (unpaired) electrons. The van der Waals surface area contributed by atoms with Gasteiger partial charge < -0.3 is 9.47 Å². The van der Waals surface area contributed by atoms with Crippen LogP contribution in [0.4, 0.5) is 17.1 Å². The maximum absolute atomic E-state index is 2.46. The van der Waals surface area contributed by atoms with Crippen molar-refractivity contribution in [2.45, 2.75) is 0 Å². The van der Waals surface area contributed by atoms with Gasteiger partial charge in [-0.1, -0.05) is 194 Å². The second kappa shape index (κ2) is 17.2. The van der Waals surface area contributed by atoms with E-state index < -0.39 is 0 Å². The summed E-state index contributed by atoms with van der Waals surface area (Å²) in [6, 6.07) is 97.6. The zero-order valence-corrected chi connectivity index (χ0v) is 38.5. The lowest BCUT2D eigenvalue weighted by Crippen LogP contribution is -2.10. The molecule has 0 fully saturated rings. The van der Waals surface area contributed by atoms with Gasteiger partial charge in [-0.05, 0) is 128 Å². The minimum absolute atomic E-state index is 1.07. The Morgan fingerprint density at radius 2 is 0.710 bits per heavy atom. The molecule has 0 amide bonds. The van der Waals surface area contributed by atoms with Crippen LogP contribution in [-0.4, -0.2) is 4.57 Å². The highest BCUT2D eigenvalue weighted by Crippen LogP contribution is 2.43. The fourth-order valence-corrected chi connectivity index (χ4v) is 11.6. The third-order valence-corrected chi connectivity index (χ3v) is 14.9. The zero-order valence-electron chi connectivity index (χ0n) is 37.7. The van der Waals surface area contributed by atoms with Crippen LogP contribution in [0.2, 0.25) is 0 Å². The van der Waals surface area contributed by atoms with E-state index in [-0.39, 0.29) is 0 Å². The molecule has 0 spiro atoms. The standard InChI is InChI=1S/C66H44N2S/c1-3-16-45(17-4-1)47-30-35-50(36-31-47)67(51-37-32-48(33-38-51)54-26-15-27-61-60-25-12-14-29-65(60)69-66(54)61)52-39-41-53(42-40-52)68-63-28-13-11-24-59(63)57-22-9-7-20-55(57)56-21-8-10-23-58(56)62-44-49(34-43-64(62)68)46-18-5-2-6-19-46/h1-44H. The van der Waals surface area contributed by atoms with Gasteiger partial charge in [0.25, 0.3) is 0 Å². The molecule has 0 bridgehead atoms. The minimum atomic E-state index is 1.07. The van der Waals surface area contributed by atoms with E-state index >= 15 is 0 Å². The van der Waals surface area contributed by atoms with E-state index in [2.05, 4.69) is 276 Å². The average Bonchev–Trinajstić information content (AvgIpc) is 3.83. The fourth-order valence-electron chi connectivity index (χ4n) is 10.4. The summed E-state index contributed by atoms with van der Waals surface area (Å²) in [6.07, 6.45) is 0. The van der Waals surface area contributed by atoms with Gasteiger partial charge in [0.2, 0.25) is 0 Å². The number of para-hydroxylation sites is 1. The van der Waals surface area contributed by atoms with Gasteiger partial charge in [-0.2, -0.15) is 0 Å². The first-order valence-corrected chi connectivity index (χ1v) is 24.4. The lowest BCUT2D eigenvalue weighted by atomic mass is 9.99. The van der Waals surface area contributed by atoms with Gasteiger partial charge in [0.15, 0.2) is 0 Å². The summed E-state index contributed by atoms with van der Waals surface area (Å²) < 4.78 is 5.10. The normalized spacial score (nSPS) is 11.5. The van der Waals surface area contributed by atoms with Crippen LogP contribution < -0.4 is 4.90 Å². The largest absolute Gasteiger partial charge is 0.311 e. The highest BCUT2D eigenvalue weighted by molar-refractivity contribution is 7.26. The molecule has 3 heteroatoms. The van der Waals surface area contributed by atoms with Crippen molar-refractivity contribution in [3.8, 4) is 39.1 Å². The molecule has 0 aliphatic heterocycles. The molecular weight excluding hydrogens is 853 g/mol. The molecule has 11 aromatic carbocycles. The molecule has 0 saturated carbocycles. The monoisotopic (exact) mass is 896 g/mol. The Balaban J connectivity index is 1.01. The summed E-state index contributed by atoms with van der Waals surface area (Å²) in [5, 5.41) is 9.81. The van der Waals surface area contributed by atoms with E-state index in [0.717, 1.165) is 33.8 Å². The highest BCUT2D eigenvalue weighted by Gasteiger charge is 2.17. The van der Waals surface area contributed by atoms with Crippen molar-refractivity contribution in [3.63, 3.8) is 0 Å². The van der Waals surface area contributed by atoms with Gasteiger partial charge in [-0.15, -0.1) is 11.3 Å².